The molecule has 2 nitrogen and oxygen atoms in total. The summed E-state index contributed by atoms with van der Waals surface area (Å²) < 4.78 is 0. The summed E-state index contributed by atoms with van der Waals surface area (Å²) in [6.07, 6.45) is 6.55. The van der Waals surface area contributed by atoms with Crippen LogP contribution in [0.2, 0.25) is 0 Å². The molecule has 0 atom stereocenters. The zero-order valence-electron chi connectivity index (χ0n) is 6.16. The van der Waals surface area contributed by atoms with E-state index in [1.54, 1.807) is 6.08 Å². The molecule has 0 fully saturated rings. The van der Waals surface area contributed by atoms with Crippen molar-refractivity contribution >= 4 is 5.78 Å². The maximum absolute atomic E-state index is 10.8. The number of aliphatic hydroxyl groups is 1. The zero-order chi connectivity index (χ0) is 7.56. The maximum Gasteiger partial charge on any atom is 3.00 e. The molecule has 0 saturated carbocycles. The molecule has 1 aliphatic carbocycles. The second kappa shape index (κ2) is 4.63. The molecule has 1 rings (SSSR count). The summed E-state index contributed by atoms with van der Waals surface area (Å²) in [5.41, 5.74) is 1.07. The minimum Gasteiger partial charge on any atom is -0.558 e. The number of ketones is 1. The van der Waals surface area contributed by atoms with Crippen LogP contribution < -0.4 is 0 Å². The van der Waals surface area contributed by atoms with Crippen LogP contribution in [0.25, 0.3) is 0 Å². The normalized spacial score (nSPS) is 19.5. The molecule has 0 aromatic rings. The fraction of sp³-hybridized carbons (Fsp3) is 0.125. The second-order valence-corrected chi connectivity index (χ2v) is 2.05. The Kier molecular flexibility index (Phi) is 4.54. The Balaban J connectivity index is 0.000001000. The van der Waals surface area contributed by atoms with Crippen LogP contribution in [0.5, 0.6) is 0 Å². The molecule has 0 aliphatic heterocycles. The molecule has 0 heterocycles. The van der Waals surface area contributed by atoms with Crippen molar-refractivity contribution in [2.75, 3.05) is 0 Å². The van der Waals surface area contributed by atoms with Crippen molar-refractivity contribution in [3.8, 4) is 0 Å². The average Bonchev–Trinajstić information content (AvgIpc) is 1.94. The van der Waals surface area contributed by atoms with Gasteiger partial charge < -0.3 is 9.90 Å². The van der Waals surface area contributed by atoms with Gasteiger partial charge in [-0.15, -0.1) is 17.7 Å². The smallest absolute Gasteiger partial charge is 0.558 e. The number of carbonyl (C=O) groups excluding carboxylic acids is 1. The molecule has 3 heteroatoms. The van der Waals surface area contributed by atoms with E-state index in [0.717, 1.165) is 11.8 Å². The van der Waals surface area contributed by atoms with Crippen molar-refractivity contribution in [1.29, 1.82) is 0 Å². The van der Waals surface area contributed by atoms with Crippen molar-refractivity contribution in [3.05, 3.63) is 35.6 Å². The van der Waals surface area contributed by atoms with Gasteiger partial charge in [-0.05, 0) is 0 Å². The molecule has 1 aliphatic rings. The van der Waals surface area contributed by atoms with Gasteiger partial charge in [-0.1, -0.05) is 18.6 Å². The fourth-order valence-corrected chi connectivity index (χ4v) is 0.702. The third kappa shape index (κ3) is 2.72. The van der Waals surface area contributed by atoms with E-state index in [0.29, 0.717) is 0 Å². The summed E-state index contributed by atoms with van der Waals surface area (Å²) in [4.78, 5) is 10.8. The predicted molar refractivity (Wildman–Crippen MR) is 37.3 cm³/mol. The number of hydrogen-bond acceptors (Lipinski definition) is 2. The summed E-state index contributed by atoms with van der Waals surface area (Å²) in [5.74, 6) is -0.201. The largest absolute Gasteiger partial charge is 3.00 e. The van der Waals surface area contributed by atoms with Crippen LogP contribution in [0.15, 0.2) is 29.6 Å². The molecule has 0 unspecified atom stereocenters. The first-order chi connectivity index (χ1) is 4.74. The maximum atomic E-state index is 10.8. The summed E-state index contributed by atoms with van der Waals surface area (Å²) in [5, 5.41) is 8.49. The SMILES string of the molecule is CC1=[C-]/C(=C\O)C(=O)C=C1.[Y+3]. The third-order valence-electron chi connectivity index (χ3n) is 1.21. The minimum atomic E-state index is -0.201. The molecule has 11 heavy (non-hydrogen) atoms. The molecule has 0 aromatic carbocycles. The minimum absolute atomic E-state index is 0. The van der Waals surface area contributed by atoms with Crippen molar-refractivity contribution in [2.24, 2.45) is 0 Å². The van der Waals surface area contributed by atoms with Crippen molar-refractivity contribution in [3.63, 3.8) is 0 Å². The number of allylic oxidation sites excluding steroid dienone is 5. The van der Waals surface area contributed by atoms with E-state index in [1.165, 1.54) is 6.08 Å². The van der Waals surface area contributed by atoms with Gasteiger partial charge in [-0.25, -0.2) is 0 Å². The van der Waals surface area contributed by atoms with E-state index >= 15 is 0 Å². The molecule has 0 saturated heterocycles. The summed E-state index contributed by atoms with van der Waals surface area (Å²) in [7, 11) is 0. The van der Waals surface area contributed by atoms with E-state index in [-0.39, 0.29) is 44.1 Å². The Morgan fingerprint density at radius 2 is 2.18 bits per heavy atom. The van der Waals surface area contributed by atoms with Gasteiger partial charge in [0.1, 0.15) is 0 Å². The van der Waals surface area contributed by atoms with Gasteiger partial charge in [0.25, 0.3) is 0 Å². The zero-order valence-corrected chi connectivity index (χ0v) is 9.00. The first-order valence-electron chi connectivity index (χ1n) is 2.91. The molecule has 0 radical (unpaired) electrons. The van der Waals surface area contributed by atoms with Crippen molar-refractivity contribution in [2.45, 2.75) is 6.92 Å². The Morgan fingerprint density at radius 3 is 2.64 bits per heavy atom. The van der Waals surface area contributed by atoms with Gasteiger partial charge in [0, 0.05) is 6.26 Å². The van der Waals surface area contributed by atoms with Gasteiger partial charge in [-0.2, -0.15) is 0 Å². The standard InChI is InChI=1S/C8H7O2.Y/c1-6-2-3-8(10)7(4-6)5-9;/h2-3,5,9H,1H3;/q-1;+3/b7-5+;. The topological polar surface area (TPSA) is 37.3 Å². The van der Waals surface area contributed by atoms with Gasteiger partial charge in [-0.3, -0.25) is 0 Å². The quantitative estimate of drug-likeness (QED) is 0.382. The molecule has 0 bridgehead atoms. The van der Waals surface area contributed by atoms with Crippen molar-refractivity contribution in [1.82, 2.24) is 0 Å². The van der Waals surface area contributed by atoms with E-state index in [2.05, 4.69) is 6.08 Å². The number of rotatable bonds is 0. The van der Waals surface area contributed by atoms with Crippen LogP contribution in [0.1, 0.15) is 6.92 Å². The van der Waals surface area contributed by atoms with E-state index < -0.39 is 0 Å². The predicted octanol–water partition coefficient (Wildman–Crippen LogP) is 1.31. The van der Waals surface area contributed by atoms with Crippen LogP contribution >= 0.6 is 0 Å². The van der Waals surface area contributed by atoms with Crippen LogP contribution in [-0.2, 0) is 37.5 Å². The second-order valence-electron chi connectivity index (χ2n) is 2.05. The Labute approximate surface area is 90.6 Å². The summed E-state index contributed by atoms with van der Waals surface area (Å²) >= 11 is 0. The van der Waals surface area contributed by atoms with E-state index in [4.69, 9.17) is 5.11 Å². The third-order valence-corrected chi connectivity index (χ3v) is 1.21. The van der Waals surface area contributed by atoms with Crippen LogP contribution in [-0.4, -0.2) is 10.9 Å². The Morgan fingerprint density at radius 1 is 1.55 bits per heavy atom. The van der Waals surface area contributed by atoms with Gasteiger partial charge in [0.15, 0.2) is 0 Å². The van der Waals surface area contributed by atoms with E-state index in [1.807, 2.05) is 6.92 Å². The average molecular weight is 224 g/mol. The number of carbonyl (C=O) groups is 1. The summed E-state index contributed by atoms with van der Waals surface area (Å²) in [6, 6.07) is 0. The van der Waals surface area contributed by atoms with E-state index in [9.17, 15) is 4.79 Å². The van der Waals surface area contributed by atoms with Gasteiger partial charge in [0.2, 0.25) is 0 Å². The number of aliphatic hydroxyl groups excluding tert-OH is 1. The Bertz CT molecular complexity index is 249. The molecular weight excluding hydrogens is 217 g/mol. The summed E-state index contributed by atoms with van der Waals surface area (Å²) in [6.45, 7) is 1.81. The fourth-order valence-electron chi connectivity index (χ4n) is 0.702. The molecular formula is C8H7O2Y+2. The molecule has 0 amide bonds. The monoisotopic (exact) mass is 224 g/mol. The first-order valence-corrected chi connectivity index (χ1v) is 2.91. The van der Waals surface area contributed by atoms with Crippen LogP contribution in [0.3, 0.4) is 0 Å². The van der Waals surface area contributed by atoms with Crippen LogP contribution in [0, 0.1) is 6.08 Å². The van der Waals surface area contributed by atoms with Crippen LogP contribution in [0.4, 0.5) is 0 Å². The molecule has 0 spiro atoms. The first kappa shape index (κ1) is 10.8. The molecule has 1 N–H and O–H groups in total. The molecule has 52 valence electrons. The van der Waals surface area contributed by atoms with Gasteiger partial charge >= 0.3 is 32.7 Å². The molecule has 0 aromatic heterocycles. The Hall–Kier alpha value is -0.206. The van der Waals surface area contributed by atoms with Crippen molar-refractivity contribution < 1.29 is 42.6 Å². The number of hydrogen-bond donors (Lipinski definition) is 1. The van der Waals surface area contributed by atoms with Gasteiger partial charge in [0.05, 0.1) is 5.78 Å².